The minimum atomic E-state index is 0.586. The molecule has 0 atom stereocenters. The van der Waals surface area contributed by atoms with Gasteiger partial charge in [-0.1, -0.05) is 17.7 Å². The number of pyridine rings is 1. The van der Waals surface area contributed by atoms with Gasteiger partial charge in [0.25, 0.3) is 0 Å². The fraction of sp³-hybridized carbons (Fsp3) is 0. The molecule has 3 N–H and O–H groups in total. The lowest BCUT2D eigenvalue weighted by Gasteiger charge is -1.99. The zero-order valence-electron chi connectivity index (χ0n) is 8.81. The number of imidazole rings is 1. The third kappa shape index (κ3) is 1.62. The van der Waals surface area contributed by atoms with E-state index in [-0.39, 0.29) is 0 Å². The van der Waals surface area contributed by atoms with Gasteiger partial charge in [0.15, 0.2) is 0 Å². The highest BCUT2D eigenvalue weighted by atomic mass is 35.5. The summed E-state index contributed by atoms with van der Waals surface area (Å²) < 4.78 is 0. The van der Waals surface area contributed by atoms with E-state index in [1.807, 2.05) is 24.3 Å². The number of fused-ring (bicyclic) bond motifs is 1. The maximum absolute atomic E-state index is 6.07. The summed E-state index contributed by atoms with van der Waals surface area (Å²) in [5.41, 5.74) is 8.91. The fourth-order valence-electron chi connectivity index (χ4n) is 1.75. The summed E-state index contributed by atoms with van der Waals surface area (Å²) in [6.07, 6.45) is 3.28. The predicted octanol–water partition coefficient (Wildman–Crippen LogP) is 2.86. The van der Waals surface area contributed by atoms with E-state index in [4.69, 9.17) is 17.3 Å². The minimum Gasteiger partial charge on any atom is -0.397 e. The molecule has 0 saturated heterocycles. The van der Waals surface area contributed by atoms with Gasteiger partial charge in [-0.3, -0.25) is 4.98 Å². The van der Waals surface area contributed by atoms with Crippen molar-refractivity contribution in [2.45, 2.75) is 0 Å². The van der Waals surface area contributed by atoms with Crippen LogP contribution in [0.5, 0.6) is 0 Å². The third-order valence-corrected chi connectivity index (χ3v) is 2.88. The van der Waals surface area contributed by atoms with Gasteiger partial charge in [0.05, 0.1) is 22.4 Å². The molecule has 0 aliphatic rings. The van der Waals surface area contributed by atoms with E-state index >= 15 is 0 Å². The molecule has 5 heteroatoms. The van der Waals surface area contributed by atoms with Crippen molar-refractivity contribution in [1.29, 1.82) is 0 Å². The number of nitrogens with one attached hydrogen (secondary N) is 1. The molecular formula is C12H9ClN4. The second-order valence-electron chi connectivity index (χ2n) is 3.68. The van der Waals surface area contributed by atoms with Crippen molar-refractivity contribution < 1.29 is 0 Å². The summed E-state index contributed by atoms with van der Waals surface area (Å²) in [7, 11) is 0. The van der Waals surface area contributed by atoms with Crippen molar-refractivity contribution in [2.75, 3.05) is 5.73 Å². The van der Waals surface area contributed by atoms with Gasteiger partial charge in [-0.15, -0.1) is 0 Å². The number of hydrogen-bond acceptors (Lipinski definition) is 3. The lowest BCUT2D eigenvalue weighted by Crippen LogP contribution is -1.91. The number of rotatable bonds is 1. The topological polar surface area (TPSA) is 67.6 Å². The Morgan fingerprint density at radius 3 is 2.88 bits per heavy atom. The van der Waals surface area contributed by atoms with Gasteiger partial charge in [-0.2, -0.15) is 0 Å². The molecule has 0 radical (unpaired) electrons. The first-order valence-electron chi connectivity index (χ1n) is 5.10. The Kier molecular flexibility index (Phi) is 2.23. The number of nitrogens with zero attached hydrogens (tertiary/aromatic N) is 2. The molecule has 0 saturated carbocycles. The number of aromatic amines is 1. The highest BCUT2D eigenvalue weighted by molar-refractivity contribution is 6.35. The Labute approximate surface area is 102 Å². The van der Waals surface area contributed by atoms with Gasteiger partial charge in [0, 0.05) is 11.8 Å². The summed E-state index contributed by atoms with van der Waals surface area (Å²) >= 11 is 6.07. The van der Waals surface area contributed by atoms with E-state index < -0.39 is 0 Å². The van der Waals surface area contributed by atoms with Crippen molar-refractivity contribution in [3.05, 3.63) is 41.7 Å². The first kappa shape index (κ1) is 10.1. The Bertz CT molecular complexity index is 690. The van der Waals surface area contributed by atoms with Crippen LogP contribution in [-0.4, -0.2) is 15.0 Å². The van der Waals surface area contributed by atoms with Crippen LogP contribution in [0.4, 0.5) is 5.69 Å². The van der Waals surface area contributed by atoms with E-state index in [1.54, 1.807) is 12.4 Å². The molecule has 84 valence electrons. The molecule has 2 aromatic heterocycles. The Morgan fingerprint density at radius 2 is 2.12 bits per heavy atom. The quantitative estimate of drug-likeness (QED) is 0.692. The second-order valence-corrected chi connectivity index (χ2v) is 4.09. The molecule has 2 heterocycles. The number of anilines is 1. The standard InChI is InChI=1S/C12H9ClN4/c13-8-2-1-3-10-11(8)17-12(16-10)7-4-5-15-6-9(7)14/h1-6H,14H2,(H,16,17). The maximum Gasteiger partial charge on any atom is 0.140 e. The number of halogens is 1. The third-order valence-electron chi connectivity index (χ3n) is 2.57. The predicted molar refractivity (Wildman–Crippen MR) is 68.7 cm³/mol. The average Bonchev–Trinajstić information content (AvgIpc) is 2.75. The lowest BCUT2D eigenvalue weighted by molar-refractivity contribution is 1.29. The molecule has 17 heavy (non-hydrogen) atoms. The largest absolute Gasteiger partial charge is 0.397 e. The van der Waals surface area contributed by atoms with E-state index in [9.17, 15) is 0 Å². The van der Waals surface area contributed by atoms with Gasteiger partial charge < -0.3 is 10.7 Å². The zero-order chi connectivity index (χ0) is 11.8. The molecule has 0 aliphatic heterocycles. The molecule has 0 aliphatic carbocycles. The number of H-pyrrole nitrogens is 1. The molecule has 0 spiro atoms. The summed E-state index contributed by atoms with van der Waals surface area (Å²) in [4.78, 5) is 11.6. The molecule has 3 rings (SSSR count). The number of hydrogen-bond donors (Lipinski definition) is 2. The molecule has 3 aromatic rings. The monoisotopic (exact) mass is 244 g/mol. The highest BCUT2D eigenvalue weighted by Gasteiger charge is 2.09. The first-order valence-corrected chi connectivity index (χ1v) is 5.47. The fourth-order valence-corrected chi connectivity index (χ4v) is 1.96. The highest BCUT2D eigenvalue weighted by Crippen LogP contribution is 2.27. The second kappa shape index (κ2) is 3.75. The molecule has 1 aromatic carbocycles. The molecule has 0 fully saturated rings. The molecule has 0 amide bonds. The van der Waals surface area contributed by atoms with Crippen LogP contribution in [-0.2, 0) is 0 Å². The van der Waals surface area contributed by atoms with Gasteiger partial charge in [0.2, 0.25) is 0 Å². The van der Waals surface area contributed by atoms with E-state index in [0.29, 0.717) is 16.5 Å². The Balaban J connectivity index is 2.26. The zero-order valence-corrected chi connectivity index (χ0v) is 9.57. The van der Waals surface area contributed by atoms with Crippen LogP contribution in [0.2, 0.25) is 5.02 Å². The van der Waals surface area contributed by atoms with Crippen LogP contribution in [0.15, 0.2) is 36.7 Å². The van der Waals surface area contributed by atoms with Crippen molar-refractivity contribution in [2.24, 2.45) is 0 Å². The summed E-state index contributed by atoms with van der Waals surface area (Å²) in [5, 5.41) is 0.623. The lowest BCUT2D eigenvalue weighted by atomic mass is 10.2. The molecule has 0 bridgehead atoms. The number of nitrogen functional groups attached to an aromatic ring is 1. The maximum atomic E-state index is 6.07. The molecule has 0 unspecified atom stereocenters. The van der Waals surface area contributed by atoms with Crippen LogP contribution in [0.3, 0.4) is 0 Å². The van der Waals surface area contributed by atoms with Crippen LogP contribution < -0.4 is 5.73 Å². The Hall–Kier alpha value is -2.07. The number of aromatic nitrogens is 3. The van der Waals surface area contributed by atoms with Crippen molar-refractivity contribution in [3.63, 3.8) is 0 Å². The van der Waals surface area contributed by atoms with E-state index in [2.05, 4.69) is 15.0 Å². The van der Waals surface area contributed by atoms with Gasteiger partial charge in [-0.05, 0) is 18.2 Å². The van der Waals surface area contributed by atoms with Crippen LogP contribution in [0.1, 0.15) is 0 Å². The van der Waals surface area contributed by atoms with Crippen molar-refractivity contribution >= 4 is 28.3 Å². The molecule has 4 nitrogen and oxygen atoms in total. The van der Waals surface area contributed by atoms with Gasteiger partial charge in [0.1, 0.15) is 11.3 Å². The van der Waals surface area contributed by atoms with Crippen molar-refractivity contribution in [1.82, 2.24) is 15.0 Å². The van der Waals surface area contributed by atoms with Crippen LogP contribution >= 0.6 is 11.6 Å². The van der Waals surface area contributed by atoms with Crippen LogP contribution in [0.25, 0.3) is 22.4 Å². The normalized spacial score (nSPS) is 10.9. The van der Waals surface area contributed by atoms with E-state index in [0.717, 1.165) is 16.6 Å². The SMILES string of the molecule is Nc1cnccc1-c1nc2c(Cl)cccc2[nH]1. The van der Waals surface area contributed by atoms with E-state index in [1.165, 1.54) is 0 Å². The molecular weight excluding hydrogens is 236 g/mol. The minimum absolute atomic E-state index is 0.586. The summed E-state index contributed by atoms with van der Waals surface area (Å²) in [6.45, 7) is 0. The first-order chi connectivity index (χ1) is 8.25. The van der Waals surface area contributed by atoms with Crippen molar-refractivity contribution in [3.8, 4) is 11.4 Å². The average molecular weight is 245 g/mol. The summed E-state index contributed by atoms with van der Waals surface area (Å²) in [6, 6.07) is 7.43. The smallest absolute Gasteiger partial charge is 0.140 e. The summed E-state index contributed by atoms with van der Waals surface area (Å²) in [5.74, 6) is 0.702. The van der Waals surface area contributed by atoms with Crippen LogP contribution in [0, 0.1) is 0 Å². The number of benzene rings is 1. The van der Waals surface area contributed by atoms with Gasteiger partial charge in [-0.25, -0.2) is 4.98 Å². The number of para-hydroxylation sites is 1. The van der Waals surface area contributed by atoms with Gasteiger partial charge >= 0.3 is 0 Å². The Morgan fingerprint density at radius 1 is 1.24 bits per heavy atom. The number of nitrogens with two attached hydrogens (primary N) is 1.